The lowest BCUT2D eigenvalue weighted by molar-refractivity contribution is -0.136. The Balaban J connectivity index is 1.57. The van der Waals surface area contributed by atoms with E-state index in [0.29, 0.717) is 36.7 Å². The van der Waals surface area contributed by atoms with Crippen molar-refractivity contribution in [2.24, 2.45) is 0 Å². The van der Waals surface area contributed by atoms with Gasteiger partial charge in [-0.3, -0.25) is 19.4 Å². The van der Waals surface area contributed by atoms with Crippen LogP contribution in [0.1, 0.15) is 41.3 Å². The second kappa shape index (κ2) is 8.68. The van der Waals surface area contributed by atoms with E-state index >= 15 is 0 Å². The number of rotatable bonds is 7. The maximum atomic E-state index is 13.3. The number of fused-ring (bicyclic) bond motifs is 1. The minimum Gasteiger partial charge on any atom is -0.379 e. The van der Waals surface area contributed by atoms with Crippen LogP contribution in [0, 0.1) is 0 Å². The summed E-state index contributed by atoms with van der Waals surface area (Å²) in [4.78, 5) is 30.0. The summed E-state index contributed by atoms with van der Waals surface area (Å²) in [6.45, 7) is 5.20. The van der Waals surface area contributed by atoms with Crippen LogP contribution in [0.3, 0.4) is 0 Å². The molecule has 2 aromatic carbocycles. The highest BCUT2D eigenvalue weighted by Gasteiger charge is 2.51. The molecule has 0 saturated carbocycles. The van der Waals surface area contributed by atoms with Crippen LogP contribution in [0.2, 0.25) is 0 Å². The second-order valence-corrected chi connectivity index (χ2v) is 8.03. The van der Waals surface area contributed by atoms with Gasteiger partial charge in [0.2, 0.25) is 0 Å². The standard InChI is InChI=1S/C24H28N2O4/c1-2-5-18-8-10-19(11-9-18)22(27)16-24(29)20-6-3-4-7-21(20)26(23(24)28)17-25-12-14-30-15-13-25/h3-4,6-11,29H,2,5,12-17H2,1H3. The molecule has 1 unspecified atom stereocenters. The highest BCUT2D eigenvalue weighted by molar-refractivity contribution is 6.10. The molecule has 30 heavy (non-hydrogen) atoms. The van der Waals surface area contributed by atoms with Gasteiger partial charge in [0.1, 0.15) is 0 Å². The number of hydrogen-bond donors (Lipinski definition) is 1. The largest absolute Gasteiger partial charge is 0.379 e. The molecule has 2 aliphatic rings. The number of hydrogen-bond acceptors (Lipinski definition) is 5. The van der Waals surface area contributed by atoms with Crippen molar-refractivity contribution in [1.29, 1.82) is 0 Å². The zero-order valence-corrected chi connectivity index (χ0v) is 17.3. The molecule has 2 heterocycles. The first-order valence-corrected chi connectivity index (χ1v) is 10.6. The molecule has 0 radical (unpaired) electrons. The SMILES string of the molecule is CCCc1ccc(C(=O)CC2(O)C(=O)N(CN3CCOCC3)c3ccccc32)cc1. The summed E-state index contributed by atoms with van der Waals surface area (Å²) in [6.07, 6.45) is 1.73. The molecular formula is C24H28N2O4. The van der Waals surface area contributed by atoms with Crippen molar-refractivity contribution in [3.8, 4) is 0 Å². The van der Waals surface area contributed by atoms with Gasteiger partial charge >= 0.3 is 0 Å². The number of aryl methyl sites for hydroxylation is 1. The monoisotopic (exact) mass is 408 g/mol. The summed E-state index contributed by atoms with van der Waals surface area (Å²) in [7, 11) is 0. The van der Waals surface area contributed by atoms with Crippen molar-refractivity contribution in [3.05, 3.63) is 65.2 Å². The molecule has 0 aliphatic carbocycles. The molecule has 2 aliphatic heterocycles. The summed E-state index contributed by atoms with van der Waals surface area (Å²) in [5.41, 5.74) is 1.01. The van der Waals surface area contributed by atoms with Crippen molar-refractivity contribution < 1.29 is 19.4 Å². The van der Waals surface area contributed by atoms with Crippen LogP contribution < -0.4 is 4.90 Å². The summed E-state index contributed by atoms with van der Waals surface area (Å²) in [5.74, 6) is -0.678. The van der Waals surface area contributed by atoms with Crippen molar-refractivity contribution in [1.82, 2.24) is 4.90 Å². The average Bonchev–Trinajstić information content (AvgIpc) is 2.97. The predicted octanol–water partition coefficient (Wildman–Crippen LogP) is 2.74. The van der Waals surface area contributed by atoms with E-state index in [1.54, 1.807) is 29.2 Å². The van der Waals surface area contributed by atoms with Crippen LogP contribution in [-0.4, -0.2) is 54.7 Å². The number of carbonyl (C=O) groups excluding carboxylic acids is 2. The molecule has 1 saturated heterocycles. The molecule has 6 heteroatoms. The van der Waals surface area contributed by atoms with Gasteiger partial charge in [0.15, 0.2) is 11.4 Å². The minimum atomic E-state index is -1.85. The summed E-state index contributed by atoms with van der Waals surface area (Å²) in [6, 6.07) is 14.7. The number of amides is 1. The quantitative estimate of drug-likeness (QED) is 0.714. The summed E-state index contributed by atoms with van der Waals surface area (Å²) in [5, 5.41) is 11.4. The van der Waals surface area contributed by atoms with Crippen LogP contribution in [-0.2, 0) is 21.6 Å². The molecule has 2 aromatic rings. The number of nitrogens with zero attached hydrogens (tertiary/aromatic N) is 2. The highest BCUT2D eigenvalue weighted by Crippen LogP contribution is 2.42. The molecular weight excluding hydrogens is 380 g/mol. The molecule has 0 spiro atoms. The fourth-order valence-electron chi connectivity index (χ4n) is 4.24. The lowest BCUT2D eigenvalue weighted by Crippen LogP contribution is -2.49. The molecule has 1 N–H and O–H groups in total. The summed E-state index contributed by atoms with van der Waals surface area (Å²) < 4.78 is 5.39. The number of para-hydroxylation sites is 1. The van der Waals surface area contributed by atoms with Crippen LogP contribution in [0.4, 0.5) is 5.69 Å². The van der Waals surface area contributed by atoms with Gasteiger partial charge in [0.05, 0.1) is 32.0 Å². The molecule has 158 valence electrons. The van der Waals surface area contributed by atoms with Crippen LogP contribution >= 0.6 is 0 Å². The first kappa shape index (κ1) is 20.7. The van der Waals surface area contributed by atoms with Gasteiger partial charge in [-0.2, -0.15) is 0 Å². The van der Waals surface area contributed by atoms with Crippen molar-refractivity contribution in [2.45, 2.75) is 31.8 Å². The second-order valence-electron chi connectivity index (χ2n) is 8.03. The first-order valence-electron chi connectivity index (χ1n) is 10.6. The number of Topliss-reactive ketones (excluding diaryl/α,β-unsaturated/α-hetero) is 1. The molecule has 1 amide bonds. The maximum absolute atomic E-state index is 13.3. The third-order valence-electron chi connectivity index (χ3n) is 5.92. The Kier molecular flexibility index (Phi) is 5.99. The van der Waals surface area contributed by atoms with Gasteiger partial charge in [-0.25, -0.2) is 0 Å². The third kappa shape index (κ3) is 3.90. The number of ketones is 1. The van der Waals surface area contributed by atoms with E-state index in [9.17, 15) is 14.7 Å². The van der Waals surface area contributed by atoms with Crippen LogP contribution in [0.15, 0.2) is 48.5 Å². The van der Waals surface area contributed by atoms with Gasteiger partial charge in [0.25, 0.3) is 5.91 Å². The Morgan fingerprint density at radius 1 is 1.10 bits per heavy atom. The number of aliphatic hydroxyl groups is 1. The van der Waals surface area contributed by atoms with Crippen LogP contribution in [0.25, 0.3) is 0 Å². The van der Waals surface area contributed by atoms with E-state index in [4.69, 9.17) is 4.74 Å². The van der Waals surface area contributed by atoms with Gasteiger partial charge in [-0.15, -0.1) is 0 Å². The Morgan fingerprint density at radius 2 is 1.80 bits per heavy atom. The van der Waals surface area contributed by atoms with E-state index in [1.165, 1.54) is 5.56 Å². The predicted molar refractivity (Wildman–Crippen MR) is 114 cm³/mol. The Morgan fingerprint density at radius 3 is 2.50 bits per heavy atom. The van der Waals surface area contributed by atoms with E-state index in [1.807, 2.05) is 24.3 Å². The normalized spacial score (nSPS) is 21.7. The summed E-state index contributed by atoms with van der Waals surface area (Å²) >= 11 is 0. The van der Waals surface area contributed by atoms with E-state index in [2.05, 4.69) is 11.8 Å². The molecule has 0 aromatic heterocycles. The lowest BCUT2D eigenvalue weighted by atomic mass is 9.88. The topological polar surface area (TPSA) is 70.1 Å². The first-order chi connectivity index (χ1) is 14.5. The zero-order valence-electron chi connectivity index (χ0n) is 17.3. The molecule has 1 atom stereocenters. The molecule has 4 rings (SSSR count). The number of benzene rings is 2. The Hall–Kier alpha value is -2.54. The Labute approximate surface area is 177 Å². The molecule has 6 nitrogen and oxygen atoms in total. The van der Waals surface area contributed by atoms with Gasteiger partial charge < -0.3 is 9.84 Å². The zero-order chi connectivity index (χ0) is 21.1. The van der Waals surface area contributed by atoms with E-state index in [0.717, 1.165) is 25.9 Å². The third-order valence-corrected chi connectivity index (χ3v) is 5.92. The highest BCUT2D eigenvalue weighted by atomic mass is 16.5. The molecule has 0 bridgehead atoms. The van der Waals surface area contributed by atoms with Crippen LogP contribution in [0.5, 0.6) is 0 Å². The number of morpholine rings is 1. The fraction of sp³-hybridized carbons (Fsp3) is 0.417. The molecule has 1 fully saturated rings. The average molecular weight is 408 g/mol. The van der Waals surface area contributed by atoms with Gasteiger partial charge in [-0.1, -0.05) is 55.8 Å². The lowest BCUT2D eigenvalue weighted by Gasteiger charge is -2.31. The van der Waals surface area contributed by atoms with Crippen molar-refractivity contribution in [3.63, 3.8) is 0 Å². The van der Waals surface area contributed by atoms with E-state index < -0.39 is 11.5 Å². The number of ether oxygens (including phenoxy) is 1. The van der Waals surface area contributed by atoms with Crippen molar-refractivity contribution in [2.75, 3.05) is 37.9 Å². The van der Waals surface area contributed by atoms with E-state index in [-0.39, 0.29) is 12.2 Å². The van der Waals surface area contributed by atoms with Gasteiger partial charge in [0, 0.05) is 24.2 Å². The minimum absolute atomic E-state index is 0.239. The number of anilines is 1. The maximum Gasteiger partial charge on any atom is 0.265 e. The van der Waals surface area contributed by atoms with Gasteiger partial charge in [-0.05, 0) is 18.1 Å². The number of carbonyl (C=O) groups is 2. The Bertz CT molecular complexity index is 921. The van der Waals surface area contributed by atoms with Crippen molar-refractivity contribution >= 4 is 17.4 Å². The fourth-order valence-corrected chi connectivity index (χ4v) is 4.24. The smallest absolute Gasteiger partial charge is 0.265 e.